The Bertz CT molecular complexity index is 263. The summed E-state index contributed by atoms with van der Waals surface area (Å²) in [7, 11) is 0. The minimum atomic E-state index is 0.737. The Hall–Kier alpha value is -1.18. The topological polar surface area (TPSA) is 35.2 Å². The highest BCUT2D eigenvalue weighted by Crippen LogP contribution is 2.25. The molecule has 0 atom stereocenters. The number of nitrogen functional groups attached to an aromatic ring is 1. The van der Waals surface area contributed by atoms with Gasteiger partial charge >= 0.3 is 0 Å². The van der Waals surface area contributed by atoms with Crippen LogP contribution in [0.1, 0.15) is 31.7 Å². The Morgan fingerprint density at radius 3 is 2.71 bits per heavy atom. The lowest BCUT2D eigenvalue weighted by molar-refractivity contribution is 0.306. The maximum atomic E-state index is 5.81. The lowest BCUT2D eigenvalue weighted by Gasteiger charge is -2.10. The van der Waals surface area contributed by atoms with Crippen molar-refractivity contribution in [3.63, 3.8) is 0 Å². The zero-order valence-corrected chi connectivity index (χ0v) is 9.05. The molecule has 0 aliphatic carbocycles. The summed E-state index contributed by atoms with van der Waals surface area (Å²) in [6.45, 7) is 4.97. The number of nitrogens with two attached hydrogens (primary N) is 1. The molecule has 2 heteroatoms. The van der Waals surface area contributed by atoms with Gasteiger partial charge in [-0.1, -0.05) is 31.9 Å². The van der Waals surface area contributed by atoms with Crippen molar-refractivity contribution in [3.8, 4) is 5.75 Å². The highest BCUT2D eigenvalue weighted by atomic mass is 16.5. The van der Waals surface area contributed by atoms with Gasteiger partial charge in [0.2, 0.25) is 0 Å². The summed E-state index contributed by atoms with van der Waals surface area (Å²) in [6.07, 6.45) is 3.53. The van der Waals surface area contributed by atoms with Gasteiger partial charge in [0.05, 0.1) is 12.3 Å². The van der Waals surface area contributed by atoms with E-state index in [-0.39, 0.29) is 0 Å². The maximum Gasteiger partial charge on any atom is 0.145 e. The third-order valence-electron chi connectivity index (χ3n) is 2.24. The Morgan fingerprint density at radius 1 is 1.29 bits per heavy atom. The molecule has 0 aliphatic heterocycles. The SMILES string of the molecule is CCCCCOc1c(C)cccc1N. The van der Waals surface area contributed by atoms with Crippen molar-refractivity contribution >= 4 is 5.69 Å². The molecule has 0 saturated heterocycles. The van der Waals surface area contributed by atoms with Crippen LogP contribution in [0.2, 0.25) is 0 Å². The number of aryl methyl sites for hydroxylation is 1. The zero-order valence-electron chi connectivity index (χ0n) is 9.05. The van der Waals surface area contributed by atoms with E-state index >= 15 is 0 Å². The van der Waals surface area contributed by atoms with Crippen LogP contribution in [0.15, 0.2) is 18.2 Å². The highest BCUT2D eigenvalue weighted by molar-refractivity contribution is 5.56. The van der Waals surface area contributed by atoms with Crippen LogP contribution >= 0.6 is 0 Å². The van der Waals surface area contributed by atoms with Crippen LogP contribution in [0.4, 0.5) is 5.69 Å². The van der Waals surface area contributed by atoms with Gasteiger partial charge in [-0.25, -0.2) is 0 Å². The predicted molar refractivity (Wildman–Crippen MR) is 60.6 cm³/mol. The van der Waals surface area contributed by atoms with Gasteiger partial charge in [-0.2, -0.15) is 0 Å². The first-order chi connectivity index (χ1) is 6.75. The Balaban J connectivity index is 2.49. The largest absolute Gasteiger partial charge is 0.491 e. The van der Waals surface area contributed by atoms with Crippen molar-refractivity contribution in [3.05, 3.63) is 23.8 Å². The van der Waals surface area contributed by atoms with E-state index in [2.05, 4.69) is 6.92 Å². The van der Waals surface area contributed by atoms with Crippen molar-refractivity contribution < 1.29 is 4.74 Å². The number of anilines is 1. The fourth-order valence-electron chi connectivity index (χ4n) is 1.40. The van der Waals surface area contributed by atoms with E-state index in [4.69, 9.17) is 10.5 Å². The molecule has 14 heavy (non-hydrogen) atoms. The van der Waals surface area contributed by atoms with Gasteiger partial charge in [-0.05, 0) is 25.0 Å². The highest BCUT2D eigenvalue weighted by Gasteiger charge is 2.02. The first-order valence-corrected chi connectivity index (χ1v) is 5.23. The summed E-state index contributed by atoms with van der Waals surface area (Å²) < 4.78 is 5.64. The summed E-state index contributed by atoms with van der Waals surface area (Å²) in [5.41, 5.74) is 7.66. The Morgan fingerprint density at radius 2 is 2.07 bits per heavy atom. The van der Waals surface area contributed by atoms with E-state index in [1.165, 1.54) is 12.8 Å². The molecular formula is C12H19NO. The minimum absolute atomic E-state index is 0.737. The fraction of sp³-hybridized carbons (Fsp3) is 0.500. The molecular weight excluding hydrogens is 174 g/mol. The van der Waals surface area contributed by atoms with Gasteiger partial charge in [0.15, 0.2) is 0 Å². The lowest BCUT2D eigenvalue weighted by Crippen LogP contribution is -2.01. The van der Waals surface area contributed by atoms with E-state index < -0.39 is 0 Å². The molecule has 2 nitrogen and oxygen atoms in total. The number of ether oxygens (including phenoxy) is 1. The molecule has 0 saturated carbocycles. The Labute approximate surface area is 86.1 Å². The molecule has 0 bridgehead atoms. The van der Waals surface area contributed by atoms with E-state index in [9.17, 15) is 0 Å². The smallest absolute Gasteiger partial charge is 0.145 e. The van der Waals surface area contributed by atoms with Crippen molar-refractivity contribution in [2.45, 2.75) is 33.1 Å². The van der Waals surface area contributed by atoms with Crippen LogP contribution < -0.4 is 10.5 Å². The summed E-state index contributed by atoms with van der Waals surface area (Å²) in [4.78, 5) is 0. The van der Waals surface area contributed by atoms with E-state index in [0.29, 0.717) is 0 Å². The fourth-order valence-corrected chi connectivity index (χ4v) is 1.40. The predicted octanol–water partition coefficient (Wildman–Crippen LogP) is 3.15. The Kier molecular flexibility index (Phi) is 4.30. The first kappa shape index (κ1) is 10.9. The number of para-hydroxylation sites is 1. The van der Waals surface area contributed by atoms with Crippen LogP contribution in [-0.4, -0.2) is 6.61 Å². The van der Waals surface area contributed by atoms with Gasteiger partial charge in [-0.15, -0.1) is 0 Å². The second kappa shape index (κ2) is 5.53. The molecule has 2 N–H and O–H groups in total. The van der Waals surface area contributed by atoms with E-state index in [1.54, 1.807) is 0 Å². The normalized spacial score (nSPS) is 10.1. The van der Waals surface area contributed by atoms with Gasteiger partial charge < -0.3 is 10.5 Å². The zero-order chi connectivity index (χ0) is 10.4. The third kappa shape index (κ3) is 2.95. The first-order valence-electron chi connectivity index (χ1n) is 5.23. The van der Waals surface area contributed by atoms with Crippen LogP contribution in [0, 0.1) is 6.92 Å². The second-order valence-corrected chi connectivity index (χ2v) is 3.55. The summed E-state index contributed by atoms with van der Waals surface area (Å²) in [5, 5.41) is 0. The summed E-state index contributed by atoms with van der Waals surface area (Å²) in [6, 6.07) is 5.84. The molecule has 0 radical (unpaired) electrons. The average Bonchev–Trinajstić information content (AvgIpc) is 2.16. The third-order valence-corrected chi connectivity index (χ3v) is 2.24. The van der Waals surface area contributed by atoms with E-state index in [1.807, 2.05) is 25.1 Å². The molecule has 1 aromatic rings. The van der Waals surface area contributed by atoms with Gasteiger partial charge in [0, 0.05) is 0 Å². The molecule has 0 unspecified atom stereocenters. The van der Waals surface area contributed by atoms with Crippen molar-refractivity contribution in [2.24, 2.45) is 0 Å². The van der Waals surface area contributed by atoms with Gasteiger partial charge in [0.25, 0.3) is 0 Å². The maximum absolute atomic E-state index is 5.81. The monoisotopic (exact) mass is 193 g/mol. The number of rotatable bonds is 5. The van der Waals surface area contributed by atoms with Crippen LogP contribution in [0.25, 0.3) is 0 Å². The molecule has 0 fully saturated rings. The van der Waals surface area contributed by atoms with Gasteiger partial charge in [-0.3, -0.25) is 0 Å². The average molecular weight is 193 g/mol. The molecule has 0 aliphatic rings. The van der Waals surface area contributed by atoms with Crippen molar-refractivity contribution in [1.29, 1.82) is 0 Å². The summed E-state index contributed by atoms with van der Waals surface area (Å²) in [5.74, 6) is 0.851. The van der Waals surface area contributed by atoms with Crippen LogP contribution in [0.3, 0.4) is 0 Å². The van der Waals surface area contributed by atoms with Crippen LogP contribution in [0.5, 0.6) is 5.75 Å². The number of hydrogen-bond donors (Lipinski definition) is 1. The van der Waals surface area contributed by atoms with Crippen molar-refractivity contribution in [1.82, 2.24) is 0 Å². The minimum Gasteiger partial charge on any atom is -0.491 e. The number of unbranched alkanes of at least 4 members (excludes halogenated alkanes) is 2. The van der Waals surface area contributed by atoms with Crippen molar-refractivity contribution in [2.75, 3.05) is 12.3 Å². The molecule has 0 spiro atoms. The lowest BCUT2D eigenvalue weighted by atomic mass is 10.2. The quantitative estimate of drug-likeness (QED) is 0.576. The van der Waals surface area contributed by atoms with E-state index in [0.717, 1.165) is 30.0 Å². The second-order valence-electron chi connectivity index (χ2n) is 3.55. The molecule has 78 valence electrons. The molecule has 1 rings (SSSR count). The molecule has 0 heterocycles. The molecule has 0 amide bonds. The number of hydrogen-bond acceptors (Lipinski definition) is 2. The standard InChI is InChI=1S/C12H19NO/c1-3-4-5-9-14-12-10(2)7-6-8-11(12)13/h6-8H,3-5,9,13H2,1-2H3. The molecule has 0 aromatic heterocycles. The summed E-state index contributed by atoms with van der Waals surface area (Å²) >= 11 is 0. The molecule has 1 aromatic carbocycles. The van der Waals surface area contributed by atoms with Crippen LogP contribution in [-0.2, 0) is 0 Å². The number of benzene rings is 1. The van der Waals surface area contributed by atoms with Gasteiger partial charge in [0.1, 0.15) is 5.75 Å².